The van der Waals surface area contributed by atoms with Crippen LogP contribution in [0.2, 0.25) is 0 Å². The molecular formula is C20H31N3O5S. The summed E-state index contributed by atoms with van der Waals surface area (Å²) in [4.78, 5) is 14.8. The second-order valence-electron chi connectivity index (χ2n) is 7.90. The minimum atomic E-state index is -3.23. The summed E-state index contributed by atoms with van der Waals surface area (Å²) in [6.07, 6.45) is 11.2. The highest BCUT2D eigenvalue weighted by Crippen LogP contribution is 2.37. The van der Waals surface area contributed by atoms with Crippen molar-refractivity contribution >= 4 is 16.3 Å². The Labute approximate surface area is 172 Å². The summed E-state index contributed by atoms with van der Waals surface area (Å²) in [7, 11) is -3.23. The lowest BCUT2D eigenvalue weighted by Crippen LogP contribution is -2.55. The molecule has 2 fully saturated rings. The number of hydrogen-bond acceptors (Lipinski definition) is 7. The maximum absolute atomic E-state index is 11.6. The summed E-state index contributed by atoms with van der Waals surface area (Å²) in [5, 5.41) is 3.39. The number of ether oxygens (including phenoxy) is 2. The van der Waals surface area contributed by atoms with E-state index in [1.165, 1.54) is 6.26 Å². The number of carbonyl (C=O) groups excluding carboxylic acids is 1. The standard InChI is InChI=1S/C20H31N3O5S/c1-29(25,26)23-18-3-2-9-22-19(18)14-28-16-6-4-15(5-7-16)17-13-21-10-8-20(17)27-12-11-24/h8,10-11,13,15-16,18-19,22-23H,2-7,9,12,14H2,1H3/t15?,16?,18-,19-/m0/s1. The van der Waals surface area contributed by atoms with Crippen LogP contribution in [0, 0.1) is 0 Å². The fraction of sp³-hybridized carbons (Fsp3) is 0.700. The van der Waals surface area contributed by atoms with Crippen LogP contribution in [-0.2, 0) is 19.6 Å². The number of nitrogens with one attached hydrogen (secondary N) is 2. The Kier molecular flexibility index (Phi) is 7.99. The molecule has 1 aliphatic heterocycles. The number of aromatic nitrogens is 1. The predicted octanol–water partition coefficient (Wildman–Crippen LogP) is 1.37. The zero-order chi connectivity index (χ0) is 20.7. The highest BCUT2D eigenvalue weighted by Gasteiger charge is 2.30. The van der Waals surface area contributed by atoms with Crippen molar-refractivity contribution in [2.24, 2.45) is 0 Å². The van der Waals surface area contributed by atoms with E-state index in [4.69, 9.17) is 9.47 Å². The number of sulfonamides is 1. The lowest BCUT2D eigenvalue weighted by molar-refractivity contribution is -0.109. The number of carbonyl (C=O) groups is 1. The lowest BCUT2D eigenvalue weighted by Gasteiger charge is -2.35. The molecule has 3 rings (SSSR count). The van der Waals surface area contributed by atoms with Crippen molar-refractivity contribution < 1.29 is 22.7 Å². The minimum absolute atomic E-state index is 0.00198. The number of hydrogen-bond donors (Lipinski definition) is 2. The Morgan fingerprint density at radius 3 is 2.79 bits per heavy atom. The number of nitrogens with zero attached hydrogens (tertiary/aromatic N) is 1. The number of aldehydes is 1. The van der Waals surface area contributed by atoms with Crippen molar-refractivity contribution in [2.45, 2.75) is 62.6 Å². The van der Waals surface area contributed by atoms with E-state index in [9.17, 15) is 13.2 Å². The van der Waals surface area contributed by atoms with Crippen molar-refractivity contribution in [3.63, 3.8) is 0 Å². The highest BCUT2D eigenvalue weighted by atomic mass is 32.2. The summed E-state index contributed by atoms with van der Waals surface area (Å²) < 4.78 is 37.6. The van der Waals surface area contributed by atoms with Crippen molar-refractivity contribution in [2.75, 3.05) is 26.0 Å². The second kappa shape index (κ2) is 10.5. The van der Waals surface area contributed by atoms with Crippen LogP contribution in [0.1, 0.15) is 50.0 Å². The first-order valence-electron chi connectivity index (χ1n) is 10.3. The van der Waals surface area contributed by atoms with E-state index in [1.807, 2.05) is 12.3 Å². The molecule has 1 saturated carbocycles. The Bertz CT molecular complexity index is 765. The third-order valence-electron chi connectivity index (χ3n) is 5.69. The van der Waals surface area contributed by atoms with Gasteiger partial charge in [-0.25, -0.2) is 13.1 Å². The van der Waals surface area contributed by atoms with E-state index >= 15 is 0 Å². The second-order valence-corrected chi connectivity index (χ2v) is 9.68. The summed E-state index contributed by atoms with van der Waals surface area (Å²) in [5.41, 5.74) is 1.05. The molecule has 9 heteroatoms. The van der Waals surface area contributed by atoms with Gasteiger partial charge in [0.05, 0.1) is 19.0 Å². The molecule has 2 aliphatic rings. The minimum Gasteiger partial charge on any atom is -0.486 e. The van der Waals surface area contributed by atoms with E-state index in [2.05, 4.69) is 15.0 Å². The number of piperidine rings is 1. The molecule has 2 N–H and O–H groups in total. The first-order valence-corrected chi connectivity index (χ1v) is 12.2. The molecular weight excluding hydrogens is 394 g/mol. The first-order chi connectivity index (χ1) is 14.0. The first kappa shape index (κ1) is 22.1. The summed E-state index contributed by atoms with van der Waals surface area (Å²) >= 11 is 0. The highest BCUT2D eigenvalue weighted by molar-refractivity contribution is 7.88. The van der Waals surface area contributed by atoms with Gasteiger partial charge in [0, 0.05) is 30.0 Å². The van der Waals surface area contributed by atoms with Gasteiger partial charge in [-0.05, 0) is 57.1 Å². The van der Waals surface area contributed by atoms with Crippen molar-refractivity contribution in [1.29, 1.82) is 0 Å². The molecule has 2 atom stereocenters. The van der Waals surface area contributed by atoms with Gasteiger partial charge in [-0.3, -0.25) is 9.78 Å². The lowest BCUT2D eigenvalue weighted by atomic mass is 9.83. The van der Waals surface area contributed by atoms with Crippen LogP contribution in [0.4, 0.5) is 0 Å². The molecule has 162 valence electrons. The zero-order valence-electron chi connectivity index (χ0n) is 16.9. The topological polar surface area (TPSA) is 107 Å². The number of pyridine rings is 1. The maximum Gasteiger partial charge on any atom is 0.209 e. The van der Waals surface area contributed by atoms with Crippen molar-refractivity contribution in [3.05, 3.63) is 24.0 Å². The average Bonchev–Trinajstić information content (AvgIpc) is 2.71. The van der Waals surface area contributed by atoms with Crippen LogP contribution in [0.15, 0.2) is 18.5 Å². The molecule has 0 aromatic carbocycles. The molecule has 1 aromatic rings. The smallest absolute Gasteiger partial charge is 0.209 e. The molecule has 29 heavy (non-hydrogen) atoms. The molecule has 2 heterocycles. The van der Waals surface area contributed by atoms with Crippen LogP contribution >= 0.6 is 0 Å². The van der Waals surface area contributed by atoms with E-state index in [0.29, 0.717) is 12.5 Å². The fourth-order valence-electron chi connectivity index (χ4n) is 4.28. The Balaban J connectivity index is 1.49. The zero-order valence-corrected chi connectivity index (χ0v) is 17.7. The van der Waals surface area contributed by atoms with Crippen LogP contribution in [0.3, 0.4) is 0 Å². The summed E-state index contributed by atoms with van der Waals surface area (Å²) in [6, 6.07) is 1.69. The Morgan fingerprint density at radius 2 is 2.07 bits per heavy atom. The average molecular weight is 426 g/mol. The van der Waals surface area contributed by atoms with E-state index in [0.717, 1.165) is 62.7 Å². The van der Waals surface area contributed by atoms with Gasteiger partial charge in [-0.2, -0.15) is 0 Å². The normalized spacial score (nSPS) is 28.0. The molecule has 1 saturated heterocycles. The fourth-order valence-corrected chi connectivity index (χ4v) is 5.11. The van der Waals surface area contributed by atoms with Gasteiger partial charge in [0.1, 0.15) is 12.4 Å². The van der Waals surface area contributed by atoms with E-state index < -0.39 is 10.0 Å². The van der Waals surface area contributed by atoms with Crippen molar-refractivity contribution in [3.8, 4) is 5.75 Å². The third kappa shape index (κ3) is 6.74. The van der Waals surface area contributed by atoms with Crippen LogP contribution in [0.5, 0.6) is 5.75 Å². The summed E-state index contributed by atoms with van der Waals surface area (Å²) in [5.74, 6) is 1.08. The largest absolute Gasteiger partial charge is 0.486 e. The van der Waals surface area contributed by atoms with E-state index in [-0.39, 0.29) is 24.8 Å². The van der Waals surface area contributed by atoms with Crippen LogP contribution < -0.4 is 14.8 Å². The van der Waals surface area contributed by atoms with Gasteiger partial charge in [-0.15, -0.1) is 0 Å². The summed E-state index contributed by atoms with van der Waals surface area (Å²) in [6.45, 7) is 1.43. The third-order valence-corrected chi connectivity index (χ3v) is 6.42. The molecule has 8 nitrogen and oxygen atoms in total. The SMILES string of the molecule is CS(=O)(=O)N[C@H]1CCCN[C@H]1COC1CCC(c2cnccc2OCC=O)CC1. The molecule has 0 radical (unpaired) electrons. The monoisotopic (exact) mass is 425 g/mol. The quantitative estimate of drug-likeness (QED) is 0.576. The van der Waals surface area contributed by atoms with Gasteiger partial charge in [0.2, 0.25) is 10.0 Å². The van der Waals surface area contributed by atoms with Crippen molar-refractivity contribution in [1.82, 2.24) is 15.0 Å². The molecule has 0 bridgehead atoms. The van der Waals surface area contributed by atoms with Crippen LogP contribution in [0.25, 0.3) is 0 Å². The van der Waals surface area contributed by atoms with Crippen LogP contribution in [-0.4, -0.2) is 63.9 Å². The molecule has 1 aliphatic carbocycles. The molecule has 0 unspecified atom stereocenters. The Morgan fingerprint density at radius 1 is 1.28 bits per heavy atom. The molecule has 0 spiro atoms. The Hall–Kier alpha value is -1.55. The van der Waals surface area contributed by atoms with Gasteiger partial charge in [0.25, 0.3) is 0 Å². The maximum atomic E-state index is 11.6. The van der Waals surface area contributed by atoms with Gasteiger partial charge < -0.3 is 14.8 Å². The predicted molar refractivity (Wildman–Crippen MR) is 110 cm³/mol. The number of rotatable bonds is 9. The van der Waals surface area contributed by atoms with Gasteiger partial charge >= 0.3 is 0 Å². The van der Waals surface area contributed by atoms with Gasteiger partial charge in [-0.1, -0.05) is 0 Å². The van der Waals surface area contributed by atoms with Gasteiger partial charge in [0.15, 0.2) is 6.29 Å². The van der Waals surface area contributed by atoms with E-state index in [1.54, 1.807) is 6.20 Å². The molecule has 0 amide bonds. The molecule has 1 aromatic heterocycles.